The van der Waals surface area contributed by atoms with Crippen LogP contribution < -0.4 is 10.1 Å². The molecule has 1 aliphatic carbocycles. The lowest BCUT2D eigenvalue weighted by Crippen LogP contribution is -2.21. The first-order valence-corrected chi connectivity index (χ1v) is 6.75. The maximum absolute atomic E-state index is 5.53. The number of nitrogens with one attached hydrogen (secondary N) is 1. The van der Waals surface area contributed by atoms with Crippen LogP contribution in [0.2, 0.25) is 0 Å². The summed E-state index contributed by atoms with van der Waals surface area (Å²) in [5, 5.41) is 3.53. The van der Waals surface area contributed by atoms with Gasteiger partial charge in [-0.15, -0.1) is 6.42 Å². The molecule has 1 aliphatic rings. The maximum atomic E-state index is 5.53. The van der Waals surface area contributed by atoms with Crippen LogP contribution in [0, 0.1) is 18.3 Å². The van der Waals surface area contributed by atoms with Gasteiger partial charge in [0, 0.05) is 12.1 Å². The molecule has 0 radical (unpaired) electrons. The van der Waals surface area contributed by atoms with Crippen LogP contribution in [0.15, 0.2) is 24.3 Å². The molecule has 0 atom stereocenters. The van der Waals surface area contributed by atoms with Crippen LogP contribution in [-0.4, -0.2) is 13.2 Å². The molecule has 0 heterocycles. The van der Waals surface area contributed by atoms with Crippen molar-refractivity contribution < 1.29 is 4.74 Å². The van der Waals surface area contributed by atoms with Crippen molar-refractivity contribution in [3.8, 4) is 18.1 Å². The van der Waals surface area contributed by atoms with Crippen molar-refractivity contribution in [2.75, 3.05) is 13.2 Å². The first kappa shape index (κ1) is 13.0. The molecule has 0 amide bonds. The molecule has 2 heteroatoms. The highest BCUT2D eigenvalue weighted by Crippen LogP contribution is 2.24. The molecule has 0 bridgehead atoms. The lowest BCUT2D eigenvalue weighted by atomic mass is 10.1. The van der Waals surface area contributed by atoms with Crippen LogP contribution in [0.5, 0.6) is 5.75 Å². The fourth-order valence-corrected chi connectivity index (χ4v) is 2.54. The summed E-state index contributed by atoms with van der Waals surface area (Å²) in [6.45, 7) is 2.31. The lowest BCUT2D eigenvalue weighted by Gasteiger charge is -2.13. The number of benzene rings is 1. The Hall–Kier alpha value is -1.46. The van der Waals surface area contributed by atoms with Crippen LogP contribution in [0.25, 0.3) is 0 Å². The third-order valence-corrected chi connectivity index (χ3v) is 3.51. The average Bonchev–Trinajstić information content (AvgIpc) is 2.91. The fraction of sp³-hybridized carbons (Fsp3) is 0.500. The predicted octanol–water partition coefficient (Wildman–Crippen LogP) is 2.98. The van der Waals surface area contributed by atoms with Gasteiger partial charge in [0.25, 0.3) is 0 Å². The third kappa shape index (κ3) is 3.78. The van der Waals surface area contributed by atoms with Gasteiger partial charge in [-0.05, 0) is 31.4 Å². The van der Waals surface area contributed by atoms with Crippen LogP contribution in [-0.2, 0) is 6.54 Å². The predicted molar refractivity (Wildman–Crippen MR) is 74.4 cm³/mol. The zero-order chi connectivity index (χ0) is 12.6. The van der Waals surface area contributed by atoms with E-state index in [2.05, 4.69) is 17.3 Å². The van der Waals surface area contributed by atoms with Crippen LogP contribution in [0.1, 0.15) is 31.2 Å². The van der Waals surface area contributed by atoms with Crippen molar-refractivity contribution >= 4 is 0 Å². The molecule has 2 nitrogen and oxygen atoms in total. The summed E-state index contributed by atoms with van der Waals surface area (Å²) < 4.78 is 5.53. The van der Waals surface area contributed by atoms with Crippen molar-refractivity contribution in [3.05, 3.63) is 29.8 Å². The largest absolute Gasteiger partial charge is 0.481 e. The van der Waals surface area contributed by atoms with Crippen molar-refractivity contribution in [2.45, 2.75) is 32.2 Å². The van der Waals surface area contributed by atoms with E-state index < -0.39 is 0 Å². The molecule has 2 rings (SSSR count). The zero-order valence-corrected chi connectivity index (χ0v) is 10.8. The highest BCUT2D eigenvalue weighted by Gasteiger charge is 2.14. The van der Waals surface area contributed by atoms with Crippen molar-refractivity contribution in [1.29, 1.82) is 0 Å². The Balaban J connectivity index is 1.82. The monoisotopic (exact) mass is 243 g/mol. The Morgan fingerprint density at radius 3 is 2.83 bits per heavy atom. The highest BCUT2D eigenvalue weighted by atomic mass is 16.5. The van der Waals surface area contributed by atoms with Gasteiger partial charge in [0.15, 0.2) is 0 Å². The molecular formula is C16H21NO. The third-order valence-electron chi connectivity index (χ3n) is 3.51. The van der Waals surface area contributed by atoms with Gasteiger partial charge in [-0.1, -0.05) is 37.0 Å². The van der Waals surface area contributed by atoms with E-state index in [0.29, 0.717) is 6.61 Å². The molecule has 1 aromatic carbocycles. The minimum Gasteiger partial charge on any atom is -0.481 e. The molecular weight excluding hydrogens is 222 g/mol. The van der Waals surface area contributed by atoms with E-state index in [1.54, 1.807) is 0 Å². The summed E-state index contributed by atoms with van der Waals surface area (Å²) in [4.78, 5) is 0. The Kier molecular flexibility index (Phi) is 5.11. The molecule has 1 saturated carbocycles. The van der Waals surface area contributed by atoms with E-state index in [-0.39, 0.29) is 0 Å². The molecule has 0 aliphatic heterocycles. The SMILES string of the molecule is C#CCOc1ccccc1CNCC1CCCC1. The van der Waals surface area contributed by atoms with Gasteiger partial charge in [-0.3, -0.25) is 0 Å². The lowest BCUT2D eigenvalue weighted by molar-refractivity contribution is 0.364. The van der Waals surface area contributed by atoms with Gasteiger partial charge in [-0.2, -0.15) is 0 Å². The molecule has 0 aromatic heterocycles. The minimum absolute atomic E-state index is 0.333. The quantitative estimate of drug-likeness (QED) is 0.776. The van der Waals surface area contributed by atoms with E-state index in [0.717, 1.165) is 24.8 Å². The van der Waals surface area contributed by atoms with E-state index in [9.17, 15) is 0 Å². The summed E-state index contributed by atoms with van der Waals surface area (Å²) in [6, 6.07) is 8.08. The Bertz CT molecular complexity index is 402. The molecule has 0 spiro atoms. The molecule has 1 fully saturated rings. The summed E-state index contributed by atoms with van der Waals surface area (Å²) in [7, 11) is 0. The van der Waals surface area contributed by atoms with Gasteiger partial charge in [0.1, 0.15) is 12.4 Å². The van der Waals surface area contributed by atoms with Crippen molar-refractivity contribution in [2.24, 2.45) is 5.92 Å². The van der Waals surface area contributed by atoms with Crippen LogP contribution in [0.3, 0.4) is 0 Å². The molecule has 1 aromatic rings. The molecule has 0 saturated heterocycles. The summed E-state index contributed by atoms with van der Waals surface area (Å²) in [5.74, 6) is 4.26. The summed E-state index contributed by atoms with van der Waals surface area (Å²) in [6.07, 6.45) is 10.8. The second-order valence-electron chi connectivity index (χ2n) is 4.88. The first-order valence-electron chi connectivity index (χ1n) is 6.75. The van der Waals surface area contributed by atoms with Gasteiger partial charge in [-0.25, -0.2) is 0 Å². The van der Waals surface area contributed by atoms with Gasteiger partial charge in [0.05, 0.1) is 0 Å². The fourth-order valence-electron chi connectivity index (χ4n) is 2.54. The van der Waals surface area contributed by atoms with E-state index in [4.69, 9.17) is 11.2 Å². The molecule has 18 heavy (non-hydrogen) atoms. The zero-order valence-electron chi connectivity index (χ0n) is 10.8. The number of hydrogen-bond donors (Lipinski definition) is 1. The smallest absolute Gasteiger partial charge is 0.148 e. The Labute approximate surface area is 110 Å². The van der Waals surface area contributed by atoms with Gasteiger partial charge < -0.3 is 10.1 Å². The van der Waals surface area contributed by atoms with E-state index in [1.165, 1.54) is 31.2 Å². The van der Waals surface area contributed by atoms with Crippen molar-refractivity contribution in [1.82, 2.24) is 5.32 Å². The summed E-state index contributed by atoms with van der Waals surface area (Å²) >= 11 is 0. The maximum Gasteiger partial charge on any atom is 0.148 e. The average molecular weight is 243 g/mol. The molecule has 0 unspecified atom stereocenters. The highest BCUT2D eigenvalue weighted by molar-refractivity contribution is 5.33. The van der Waals surface area contributed by atoms with E-state index in [1.807, 2.05) is 18.2 Å². The molecule has 1 N–H and O–H groups in total. The van der Waals surface area contributed by atoms with Gasteiger partial charge in [0.2, 0.25) is 0 Å². The Morgan fingerprint density at radius 2 is 2.06 bits per heavy atom. The summed E-state index contributed by atoms with van der Waals surface area (Å²) in [5.41, 5.74) is 1.19. The number of terminal acetylenes is 1. The Morgan fingerprint density at radius 1 is 1.28 bits per heavy atom. The van der Waals surface area contributed by atoms with Crippen LogP contribution >= 0.6 is 0 Å². The standard InChI is InChI=1S/C16H21NO/c1-2-11-18-16-10-6-5-9-15(16)13-17-12-14-7-3-4-8-14/h1,5-6,9-10,14,17H,3-4,7-8,11-13H2. The molecule has 96 valence electrons. The second kappa shape index (κ2) is 7.08. The number of para-hydroxylation sites is 1. The van der Waals surface area contributed by atoms with Crippen LogP contribution in [0.4, 0.5) is 0 Å². The van der Waals surface area contributed by atoms with E-state index >= 15 is 0 Å². The number of rotatable bonds is 6. The van der Waals surface area contributed by atoms with Gasteiger partial charge >= 0.3 is 0 Å². The number of ether oxygens (including phenoxy) is 1. The minimum atomic E-state index is 0.333. The first-order chi connectivity index (χ1) is 8.90. The topological polar surface area (TPSA) is 21.3 Å². The second-order valence-corrected chi connectivity index (χ2v) is 4.88. The normalized spacial score (nSPS) is 15.5. The van der Waals surface area contributed by atoms with Crippen molar-refractivity contribution in [3.63, 3.8) is 0 Å². The number of hydrogen-bond acceptors (Lipinski definition) is 2.